The fourth-order valence-corrected chi connectivity index (χ4v) is 4.87. The summed E-state index contributed by atoms with van der Waals surface area (Å²) in [6.07, 6.45) is 5.49. The second-order valence-electron chi connectivity index (χ2n) is 8.54. The highest BCUT2D eigenvalue weighted by Crippen LogP contribution is 2.26. The third-order valence-electron chi connectivity index (χ3n) is 6.42. The summed E-state index contributed by atoms with van der Waals surface area (Å²) in [6.45, 7) is 5.52. The molecule has 1 atom stereocenters. The Morgan fingerprint density at radius 3 is 2.68 bits per heavy atom. The average Bonchev–Trinajstić information content (AvgIpc) is 2.81. The molecule has 0 saturated carbocycles. The topological polar surface area (TPSA) is 39.7 Å². The molecular formula is C24H30ClFN4O. The zero-order valence-corrected chi connectivity index (χ0v) is 18.6. The van der Waals surface area contributed by atoms with Crippen molar-refractivity contribution in [1.82, 2.24) is 14.8 Å². The molecule has 0 spiro atoms. The highest BCUT2D eigenvalue weighted by Gasteiger charge is 2.25. The number of rotatable bonds is 6. The van der Waals surface area contributed by atoms with Crippen LogP contribution in [0.25, 0.3) is 0 Å². The predicted octanol–water partition coefficient (Wildman–Crippen LogP) is 4.22. The first-order valence-electron chi connectivity index (χ1n) is 11.2. The minimum absolute atomic E-state index is 0.241. The molecule has 3 heterocycles. The molecule has 1 aromatic carbocycles. The van der Waals surface area contributed by atoms with Crippen molar-refractivity contribution in [3.63, 3.8) is 0 Å². The number of carbonyl (C=O) groups excluding carboxylic acids is 1. The van der Waals surface area contributed by atoms with Gasteiger partial charge >= 0.3 is 0 Å². The second kappa shape index (κ2) is 10.4. The number of benzene rings is 1. The molecule has 0 bridgehead atoms. The Bertz CT molecular complexity index is 853. The van der Waals surface area contributed by atoms with E-state index in [0.29, 0.717) is 29.5 Å². The van der Waals surface area contributed by atoms with Crippen LogP contribution in [0.15, 0.2) is 42.6 Å². The maximum absolute atomic E-state index is 14.1. The van der Waals surface area contributed by atoms with Crippen molar-refractivity contribution in [2.24, 2.45) is 5.92 Å². The van der Waals surface area contributed by atoms with E-state index < -0.39 is 0 Å². The van der Waals surface area contributed by atoms with Gasteiger partial charge in [-0.15, -0.1) is 0 Å². The van der Waals surface area contributed by atoms with E-state index >= 15 is 0 Å². The number of likely N-dealkylation sites (tertiary alicyclic amines) is 1. The summed E-state index contributed by atoms with van der Waals surface area (Å²) in [5.41, 5.74) is 0.576. The predicted molar refractivity (Wildman–Crippen MR) is 122 cm³/mol. The summed E-state index contributed by atoms with van der Waals surface area (Å²) >= 11 is 6.20. The van der Waals surface area contributed by atoms with Crippen LogP contribution >= 0.6 is 11.6 Å². The normalized spacial score (nSPS) is 20.1. The smallest absolute Gasteiger partial charge is 0.222 e. The Morgan fingerprint density at radius 2 is 1.94 bits per heavy atom. The lowest BCUT2D eigenvalue weighted by Crippen LogP contribution is -2.49. The van der Waals surface area contributed by atoms with Gasteiger partial charge in [0, 0.05) is 62.5 Å². The van der Waals surface area contributed by atoms with Crippen LogP contribution in [-0.2, 0) is 11.3 Å². The van der Waals surface area contributed by atoms with Crippen molar-refractivity contribution < 1.29 is 9.18 Å². The first kappa shape index (κ1) is 22.0. The fraction of sp³-hybridized carbons (Fsp3) is 0.500. The molecule has 0 aliphatic carbocycles. The number of pyridine rings is 1. The van der Waals surface area contributed by atoms with Gasteiger partial charge in [-0.25, -0.2) is 9.37 Å². The van der Waals surface area contributed by atoms with Gasteiger partial charge in [-0.05, 0) is 56.0 Å². The third-order valence-corrected chi connectivity index (χ3v) is 6.77. The third kappa shape index (κ3) is 5.74. The number of amides is 1. The summed E-state index contributed by atoms with van der Waals surface area (Å²) in [6, 6.07) is 10.8. The van der Waals surface area contributed by atoms with E-state index in [2.05, 4.69) is 14.8 Å². The summed E-state index contributed by atoms with van der Waals surface area (Å²) < 4.78 is 14.1. The number of halogens is 2. The van der Waals surface area contributed by atoms with Crippen LogP contribution in [0.2, 0.25) is 5.02 Å². The molecule has 7 heteroatoms. The zero-order valence-electron chi connectivity index (χ0n) is 17.9. The van der Waals surface area contributed by atoms with Crippen LogP contribution in [0, 0.1) is 11.7 Å². The van der Waals surface area contributed by atoms with E-state index in [1.165, 1.54) is 6.07 Å². The van der Waals surface area contributed by atoms with Crippen molar-refractivity contribution in [3.8, 4) is 0 Å². The van der Waals surface area contributed by atoms with Crippen LogP contribution < -0.4 is 4.90 Å². The summed E-state index contributed by atoms with van der Waals surface area (Å²) in [5, 5.41) is 0.488. The molecule has 1 aromatic heterocycles. The highest BCUT2D eigenvalue weighted by atomic mass is 35.5. The van der Waals surface area contributed by atoms with E-state index in [1.54, 1.807) is 18.3 Å². The number of piperazine rings is 1. The van der Waals surface area contributed by atoms with Crippen LogP contribution in [0.4, 0.5) is 10.2 Å². The lowest BCUT2D eigenvalue weighted by atomic mass is 9.92. The van der Waals surface area contributed by atoms with Crippen LogP contribution in [-0.4, -0.2) is 60.0 Å². The van der Waals surface area contributed by atoms with E-state index in [-0.39, 0.29) is 11.7 Å². The molecule has 5 nitrogen and oxygen atoms in total. The van der Waals surface area contributed by atoms with Crippen molar-refractivity contribution >= 4 is 23.3 Å². The number of carbonyl (C=O) groups is 1. The van der Waals surface area contributed by atoms with Gasteiger partial charge in [0.15, 0.2) is 0 Å². The average molecular weight is 445 g/mol. The van der Waals surface area contributed by atoms with Crippen molar-refractivity contribution in [1.29, 1.82) is 0 Å². The van der Waals surface area contributed by atoms with Crippen molar-refractivity contribution in [2.75, 3.05) is 44.2 Å². The number of nitrogens with zero attached hydrogens (tertiary/aromatic N) is 4. The Hall–Kier alpha value is -2.18. The Kier molecular flexibility index (Phi) is 7.41. The molecule has 2 aliphatic heterocycles. The number of aromatic nitrogens is 1. The molecule has 0 N–H and O–H groups in total. The summed E-state index contributed by atoms with van der Waals surface area (Å²) in [4.78, 5) is 23.7. The molecule has 1 amide bonds. The van der Waals surface area contributed by atoms with Gasteiger partial charge in [-0.3, -0.25) is 9.69 Å². The van der Waals surface area contributed by atoms with E-state index in [4.69, 9.17) is 11.6 Å². The van der Waals surface area contributed by atoms with Gasteiger partial charge < -0.3 is 9.80 Å². The van der Waals surface area contributed by atoms with Gasteiger partial charge in [0.05, 0.1) is 0 Å². The van der Waals surface area contributed by atoms with E-state index in [0.717, 1.165) is 64.3 Å². The van der Waals surface area contributed by atoms with Crippen LogP contribution in [0.1, 0.15) is 31.2 Å². The Morgan fingerprint density at radius 1 is 1.10 bits per heavy atom. The Labute approximate surface area is 188 Å². The molecule has 0 unspecified atom stereocenters. The molecule has 2 aromatic rings. The number of anilines is 1. The molecule has 2 saturated heterocycles. The first-order chi connectivity index (χ1) is 15.1. The van der Waals surface area contributed by atoms with Gasteiger partial charge in [0.25, 0.3) is 0 Å². The van der Waals surface area contributed by atoms with Crippen LogP contribution in [0.3, 0.4) is 0 Å². The summed E-state index contributed by atoms with van der Waals surface area (Å²) in [7, 11) is 0. The molecule has 4 rings (SSSR count). The maximum Gasteiger partial charge on any atom is 0.222 e. The molecular weight excluding hydrogens is 415 g/mol. The van der Waals surface area contributed by atoms with Crippen LogP contribution in [0.5, 0.6) is 0 Å². The zero-order chi connectivity index (χ0) is 21.6. The van der Waals surface area contributed by atoms with E-state index in [9.17, 15) is 9.18 Å². The second-order valence-corrected chi connectivity index (χ2v) is 8.95. The SMILES string of the molecule is O=C(CC[C@H]1CCCN(Cc2c(F)cccc2Cl)C1)N1CCN(c2ccccn2)CC1. The quantitative estimate of drug-likeness (QED) is 0.669. The number of hydrogen-bond donors (Lipinski definition) is 0. The van der Waals surface area contributed by atoms with E-state index in [1.807, 2.05) is 23.1 Å². The molecule has 2 aliphatic rings. The fourth-order valence-electron chi connectivity index (χ4n) is 4.65. The molecule has 0 radical (unpaired) electrons. The summed E-state index contributed by atoms with van der Waals surface area (Å²) in [5.74, 6) is 1.45. The highest BCUT2D eigenvalue weighted by molar-refractivity contribution is 6.31. The molecule has 2 fully saturated rings. The number of piperidine rings is 1. The monoisotopic (exact) mass is 444 g/mol. The van der Waals surface area contributed by atoms with Gasteiger partial charge in [-0.1, -0.05) is 23.7 Å². The largest absolute Gasteiger partial charge is 0.353 e. The minimum Gasteiger partial charge on any atom is -0.353 e. The van der Waals surface area contributed by atoms with Gasteiger partial charge in [0.2, 0.25) is 5.91 Å². The lowest BCUT2D eigenvalue weighted by Gasteiger charge is -2.36. The minimum atomic E-state index is -0.241. The van der Waals surface area contributed by atoms with Gasteiger partial charge in [-0.2, -0.15) is 0 Å². The standard InChI is InChI=1S/C24H30ClFN4O/c25-21-6-3-7-22(26)20(21)18-28-12-4-5-19(17-28)9-10-24(31)30-15-13-29(14-16-30)23-8-1-2-11-27-23/h1-3,6-8,11,19H,4-5,9-10,12-18H2/t19-/m1/s1. The van der Waals surface area contributed by atoms with Gasteiger partial charge in [0.1, 0.15) is 11.6 Å². The Balaban J connectivity index is 1.22. The molecule has 166 valence electrons. The van der Waals surface area contributed by atoms with Crippen molar-refractivity contribution in [3.05, 3.63) is 59.0 Å². The maximum atomic E-state index is 14.1. The lowest BCUT2D eigenvalue weighted by molar-refractivity contribution is -0.131. The molecule has 31 heavy (non-hydrogen) atoms. The first-order valence-corrected chi connectivity index (χ1v) is 11.6. The van der Waals surface area contributed by atoms with Crippen molar-refractivity contribution in [2.45, 2.75) is 32.2 Å². The number of hydrogen-bond acceptors (Lipinski definition) is 4.